The van der Waals surface area contributed by atoms with Crippen LogP contribution in [0, 0.1) is 40.4 Å². The maximum Gasteiger partial charge on any atom is 0.303 e. The van der Waals surface area contributed by atoms with Crippen LogP contribution in [0.4, 0.5) is 0 Å². The number of fused-ring (bicyclic) bond motifs is 3. The van der Waals surface area contributed by atoms with Crippen LogP contribution in [0.15, 0.2) is 0 Å². The minimum Gasteiger partial charge on any atom is -0.481 e. The van der Waals surface area contributed by atoms with Gasteiger partial charge in [-0.05, 0) is 86.9 Å². The van der Waals surface area contributed by atoms with Crippen LogP contribution in [0.2, 0.25) is 0 Å². The topological polar surface area (TPSA) is 178 Å². The van der Waals surface area contributed by atoms with Crippen LogP contribution in [0.25, 0.3) is 0 Å². The number of hydrogen-bond acceptors (Lipinski definition) is 9. The van der Waals surface area contributed by atoms with Gasteiger partial charge in [-0.2, -0.15) is 0 Å². The molecule has 222 valence electrons. The van der Waals surface area contributed by atoms with Crippen LogP contribution >= 0.6 is 0 Å². The van der Waals surface area contributed by atoms with Crippen molar-refractivity contribution in [1.29, 1.82) is 0 Å². The molecule has 2 saturated heterocycles. The molecule has 0 aromatic carbocycles. The Kier molecular flexibility index (Phi) is 7.15. The first kappa shape index (κ1) is 28.3. The van der Waals surface area contributed by atoms with Crippen molar-refractivity contribution in [3.63, 3.8) is 0 Å². The highest BCUT2D eigenvalue weighted by Crippen LogP contribution is 2.73. The van der Waals surface area contributed by atoms with E-state index in [-0.39, 0.29) is 41.5 Å². The fourth-order valence-electron chi connectivity index (χ4n) is 10.7. The quantitative estimate of drug-likeness (QED) is 0.273. The Morgan fingerprint density at radius 3 is 2.44 bits per heavy atom. The zero-order chi connectivity index (χ0) is 27.9. The second kappa shape index (κ2) is 9.87. The van der Waals surface area contributed by atoms with Crippen LogP contribution < -0.4 is 11.5 Å². The molecule has 0 spiro atoms. The molecule has 6 aliphatic rings. The van der Waals surface area contributed by atoms with Crippen LogP contribution in [-0.4, -0.2) is 81.6 Å². The molecule has 8 N–H and O–H groups in total. The molecule has 0 radical (unpaired) electrons. The molecule has 2 aliphatic heterocycles. The molecule has 0 aromatic heterocycles. The summed E-state index contributed by atoms with van der Waals surface area (Å²) >= 11 is 0. The second-order valence-electron chi connectivity index (χ2n) is 14.1. The number of hydrogen-bond donors (Lipinski definition) is 6. The van der Waals surface area contributed by atoms with Gasteiger partial charge < -0.3 is 46.1 Å². The Hall–Kier alpha value is -0.850. The highest BCUT2D eigenvalue weighted by atomic mass is 16.7. The van der Waals surface area contributed by atoms with Crippen molar-refractivity contribution in [2.75, 3.05) is 6.61 Å². The number of carboxylic acid groups (broad SMARTS) is 1. The molecule has 10 heteroatoms. The molecule has 6 rings (SSSR count). The van der Waals surface area contributed by atoms with Crippen LogP contribution in [-0.2, 0) is 19.0 Å². The van der Waals surface area contributed by atoms with Gasteiger partial charge in [0, 0.05) is 11.3 Å². The predicted molar refractivity (Wildman–Crippen MR) is 140 cm³/mol. The summed E-state index contributed by atoms with van der Waals surface area (Å²) in [5, 5.41) is 39.9. The summed E-state index contributed by atoms with van der Waals surface area (Å²) in [6.07, 6.45) is 4.36. The van der Waals surface area contributed by atoms with Crippen molar-refractivity contribution in [2.45, 2.75) is 127 Å². The molecule has 6 fully saturated rings. The first-order chi connectivity index (χ1) is 18.4. The number of carbonyl (C=O) groups is 1. The Labute approximate surface area is 230 Å². The number of aliphatic hydroxyl groups excluding tert-OH is 3. The number of carboxylic acids is 1. The third kappa shape index (κ3) is 4.07. The van der Waals surface area contributed by atoms with Crippen LogP contribution in [0.3, 0.4) is 0 Å². The maximum atomic E-state index is 11.6. The molecule has 39 heavy (non-hydrogen) atoms. The van der Waals surface area contributed by atoms with Crippen LogP contribution in [0.5, 0.6) is 0 Å². The largest absolute Gasteiger partial charge is 0.481 e. The van der Waals surface area contributed by atoms with E-state index in [1.54, 1.807) is 0 Å². The minimum atomic E-state index is -1.16. The Morgan fingerprint density at radius 1 is 0.974 bits per heavy atom. The number of aliphatic hydroxyl groups is 3. The summed E-state index contributed by atoms with van der Waals surface area (Å²) < 4.78 is 18.8. The van der Waals surface area contributed by atoms with Gasteiger partial charge in [-0.1, -0.05) is 13.8 Å². The molecular formula is C29H48N2O8. The van der Waals surface area contributed by atoms with Gasteiger partial charge in [0.25, 0.3) is 0 Å². The zero-order valence-corrected chi connectivity index (χ0v) is 23.3. The molecular weight excluding hydrogens is 504 g/mol. The van der Waals surface area contributed by atoms with Crippen molar-refractivity contribution >= 4 is 5.97 Å². The van der Waals surface area contributed by atoms with Crippen molar-refractivity contribution in [2.24, 2.45) is 51.9 Å². The summed E-state index contributed by atoms with van der Waals surface area (Å²) in [4.78, 5) is 11.6. The highest BCUT2D eigenvalue weighted by molar-refractivity contribution is 5.67. The number of aliphatic carboxylic acids is 1. The van der Waals surface area contributed by atoms with E-state index in [1.807, 2.05) is 0 Å². The van der Waals surface area contributed by atoms with Crippen molar-refractivity contribution in [3.05, 3.63) is 0 Å². The lowest BCUT2D eigenvalue weighted by Gasteiger charge is -2.67. The van der Waals surface area contributed by atoms with E-state index in [2.05, 4.69) is 13.8 Å². The predicted octanol–water partition coefficient (Wildman–Crippen LogP) is 1.33. The summed E-state index contributed by atoms with van der Waals surface area (Å²) in [6, 6.07) is -0.937. The molecule has 2 heterocycles. The zero-order valence-electron chi connectivity index (χ0n) is 23.3. The second-order valence-corrected chi connectivity index (χ2v) is 14.1. The average molecular weight is 553 g/mol. The monoisotopic (exact) mass is 552 g/mol. The third-order valence-electron chi connectivity index (χ3n) is 12.8. The lowest BCUT2D eigenvalue weighted by molar-refractivity contribution is -0.303. The first-order valence-corrected chi connectivity index (χ1v) is 15.1. The van der Waals surface area contributed by atoms with Crippen LogP contribution in [0.1, 0.15) is 78.1 Å². The number of ether oxygens (including phenoxy) is 3. The fraction of sp³-hybridized carbons (Fsp3) is 0.966. The van der Waals surface area contributed by atoms with Gasteiger partial charge in [0.05, 0.1) is 30.8 Å². The highest BCUT2D eigenvalue weighted by Gasteiger charge is 2.72. The van der Waals surface area contributed by atoms with Gasteiger partial charge >= 0.3 is 5.97 Å². The van der Waals surface area contributed by atoms with E-state index >= 15 is 0 Å². The van der Waals surface area contributed by atoms with Crippen molar-refractivity contribution < 1.29 is 39.4 Å². The van der Waals surface area contributed by atoms with Gasteiger partial charge in [0.1, 0.15) is 24.5 Å². The lowest BCUT2D eigenvalue weighted by atomic mass is 9.42. The Balaban J connectivity index is 1.17. The summed E-state index contributed by atoms with van der Waals surface area (Å²) in [7, 11) is 0. The van der Waals surface area contributed by atoms with E-state index in [1.165, 1.54) is 0 Å². The SMILES string of the molecule is C[C@]12CC[C@H](O[C@@H]3O[C@H](CO)[C@@H](O)[C@H](N)[C@H]3O)C[C@H]1CC[C@@H]1[C@@H]2CC[C@]2(C)[C@@H]3CC[C@]12O[C@@H](N)[C@H]3CC(=O)O. The minimum absolute atomic E-state index is 0.0330. The standard InChI is InChI=1S/C29H48N2O8/c1-27-8-5-15(37-26-24(36)22(30)23(35)20(13-32)38-26)11-14(27)3-4-19-18(27)6-9-28(2)17-7-10-29(19,28)39-25(31)16(17)12-21(33)34/h14-20,22-26,32,35-36H,3-13,30-31H2,1-2H3,(H,33,34)/t14-,15+,16+,17-,18+,19-,20-,22+,23-,24-,25-,26-,27+,28-,29+/m1/s1. The van der Waals surface area contributed by atoms with Gasteiger partial charge in [-0.25, -0.2) is 0 Å². The third-order valence-corrected chi connectivity index (χ3v) is 12.8. The fourth-order valence-corrected chi connectivity index (χ4v) is 10.7. The van der Waals surface area contributed by atoms with E-state index in [4.69, 9.17) is 25.7 Å². The molecule has 0 aromatic rings. The van der Waals surface area contributed by atoms with E-state index < -0.39 is 42.8 Å². The number of rotatable bonds is 5. The van der Waals surface area contributed by atoms with Crippen molar-refractivity contribution in [1.82, 2.24) is 0 Å². The van der Waals surface area contributed by atoms with E-state index in [9.17, 15) is 25.2 Å². The molecule has 0 amide bonds. The molecule has 15 atom stereocenters. The summed E-state index contributed by atoms with van der Waals surface area (Å²) in [6.45, 7) is 4.42. The molecule has 4 aliphatic carbocycles. The van der Waals surface area contributed by atoms with Gasteiger partial charge in [-0.3, -0.25) is 4.79 Å². The molecule has 4 saturated carbocycles. The van der Waals surface area contributed by atoms with Gasteiger partial charge in [0.15, 0.2) is 6.29 Å². The molecule has 10 nitrogen and oxygen atoms in total. The van der Waals surface area contributed by atoms with Crippen molar-refractivity contribution in [3.8, 4) is 0 Å². The Morgan fingerprint density at radius 2 is 1.72 bits per heavy atom. The van der Waals surface area contributed by atoms with E-state index in [0.29, 0.717) is 23.7 Å². The smallest absolute Gasteiger partial charge is 0.303 e. The Bertz CT molecular complexity index is 952. The molecule has 0 unspecified atom stereocenters. The summed E-state index contributed by atoms with van der Waals surface area (Å²) in [5.41, 5.74) is 12.4. The van der Waals surface area contributed by atoms with E-state index in [0.717, 1.165) is 57.8 Å². The normalized spacial score (nSPS) is 56.8. The molecule has 2 bridgehead atoms. The average Bonchev–Trinajstić information content (AvgIpc) is 3.10. The number of nitrogens with two attached hydrogens (primary N) is 2. The first-order valence-electron chi connectivity index (χ1n) is 15.1. The van der Waals surface area contributed by atoms with Gasteiger partial charge in [-0.15, -0.1) is 0 Å². The lowest BCUT2D eigenvalue weighted by Crippen LogP contribution is -2.68. The summed E-state index contributed by atoms with van der Waals surface area (Å²) in [5.74, 6) is 0.787. The van der Waals surface area contributed by atoms with Gasteiger partial charge in [0.2, 0.25) is 0 Å². The maximum absolute atomic E-state index is 11.6.